The fourth-order valence-electron chi connectivity index (χ4n) is 1.64. The van der Waals surface area contributed by atoms with Gasteiger partial charge in [-0.2, -0.15) is 0 Å². The fraction of sp³-hybridized carbons (Fsp3) is 0.818. The number of carbonyl (C=O) groups is 2. The number of ether oxygens (including phenoxy) is 2. The molecule has 7 heteroatoms. The number of hydrazine groups is 1. The van der Waals surface area contributed by atoms with Crippen molar-refractivity contribution in [1.82, 2.24) is 10.7 Å². The predicted octanol–water partition coefficient (Wildman–Crippen LogP) is 0.0486. The quantitative estimate of drug-likeness (QED) is 0.369. The molecule has 1 aliphatic rings. The summed E-state index contributed by atoms with van der Waals surface area (Å²) in [7, 11) is 0. The Kier molecular flexibility index (Phi) is 4.92. The van der Waals surface area contributed by atoms with Gasteiger partial charge in [0.15, 0.2) is 0 Å². The summed E-state index contributed by atoms with van der Waals surface area (Å²) >= 11 is 0. The van der Waals surface area contributed by atoms with Crippen LogP contribution < -0.4 is 16.6 Å². The van der Waals surface area contributed by atoms with Crippen LogP contribution in [-0.4, -0.2) is 36.4 Å². The van der Waals surface area contributed by atoms with Gasteiger partial charge >= 0.3 is 6.09 Å². The molecule has 0 aromatic heterocycles. The third-order valence-electron chi connectivity index (χ3n) is 2.43. The summed E-state index contributed by atoms with van der Waals surface area (Å²) in [6.07, 6.45) is 0.158. The van der Waals surface area contributed by atoms with Gasteiger partial charge in [0.25, 0.3) is 5.91 Å². The molecule has 18 heavy (non-hydrogen) atoms. The molecule has 2 atom stereocenters. The van der Waals surface area contributed by atoms with E-state index in [0.29, 0.717) is 12.8 Å². The summed E-state index contributed by atoms with van der Waals surface area (Å²) in [6.45, 7) is 5.67. The van der Waals surface area contributed by atoms with E-state index in [4.69, 9.17) is 15.3 Å². The maximum atomic E-state index is 11.5. The third-order valence-corrected chi connectivity index (χ3v) is 2.43. The summed E-state index contributed by atoms with van der Waals surface area (Å²) in [6, 6.07) is -0.137. The van der Waals surface area contributed by atoms with E-state index < -0.39 is 17.8 Å². The van der Waals surface area contributed by atoms with Crippen LogP contribution in [0.25, 0.3) is 0 Å². The van der Waals surface area contributed by atoms with Crippen molar-refractivity contribution in [3.63, 3.8) is 0 Å². The average Bonchev–Trinajstić information content (AvgIpc) is 2.26. The van der Waals surface area contributed by atoms with Crippen LogP contribution in [0.4, 0.5) is 4.79 Å². The second kappa shape index (κ2) is 6.01. The maximum Gasteiger partial charge on any atom is 0.407 e. The number of hydrogen-bond donors (Lipinski definition) is 3. The molecule has 0 spiro atoms. The van der Waals surface area contributed by atoms with Crippen molar-refractivity contribution in [2.45, 2.75) is 51.4 Å². The van der Waals surface area contributed by atoms with Crippen LogP contribution in [0.5, 0.6) is 0 Å². The molecule has 0 saturated carbocycles. The van der Waals surface area contributed by atoms with Crippen molar-refractivity contribution in [3.8, 4) is 0 Å². The van der Waals surface area contributed by atoms with Crippen LogP contribution >= 0.6 is 0 Å². The number of carbonyl (C=O) groups excluding carboxylic acids is 2. The molecule has 0 bridgehead atoms. The number of nitrogens with two attached hydrogens (primary N) is 1. The van der Waals surface area contributed by atoms with Gasteiger partial charge in [0.2, 0.25) is 0 Å². The molecule has 1 aliphatic heterocycles. The van der Waals surface area contributed by atoms with Gasteiger partial charge in [-0.05, 0) is 33.6 Å². The van der Waals surface area contributed by atoms with Crippen molar-refractivity contribution in [1.29, 1.82) is 0 Å². The molecule has 7 nitrogen and oxygen atoms in total. The van der Waals surface area contributed by atoms with Gasteiger partial charge in [-0.3, -0.25) is 10.2 Å². The minimum atomic E-state index is -0.535. The Morgan fingerprint density at radius 3 is 2.44 bits per heavy atom. The second-order valence-electron chi connectivity index (χ2n) is 5.25. The molecular formula is C11H21N3O4. The molecule has 1 unspecified atom stereocenters. The first-order valence-corrected chi connectivity index (χ1v) is 5.93. The van der Waals surface area contributed by atoms with Crippen molar-refractivity contribution >= 4 is 12.0 Å². The zero-order valence-electron chi connectivity index (χ0n) is 11.0. The van der Waals surface area contributed by atoms with Gasteiger partial charge in [-0.15, -0.1) is 0 Å². The molecule has 1 heterocycles. The number of amides is 2. The highest BCUT2D eigenvalue weighted by Crippen LogP contribution is 2.14. The van der Waals surface area contributed by atoms with Crippen LogP contribution in [-0.2, 0) is 14.3 Å². The van der Waals surface area contributed by atoms with E-state index in [1.807, 2.05) is 5.43 Å². The van der Waals surface area contributed by atoms with Gasteiger partial charge in [0.05, 0.1) is 12.6 Å². The van der Waals surface area contributed by atoms with Crippen LogP contribution in [0.15, 0.2) is 0 Å². The normalized spacial score (nSPS) is 24.2. The Morgan fingerprint density at radius 2 is 2.00 bits per heavy atom. The van der Waals surface area contributed by atoms with E-state index in [1.54, 1.807) is 20.8 Å². The zero-order valence-corrected chi connectivity index (χ0v) is 11.0. The van der Waals surface area contributed by atoms with Gasteiger partial charge in [-0.1, -0.05) is 0 Å². The zero-order chi connectivity index (χ0) is 13.8. The molecule has 1 rings (SSSR count). The fourth-order valence-corrected chi connectivity index (χ4v) is 1.64. The van der Waals surface area contributed by atoms with E-state index in [-0.39, 0.29) is 18.6 Å². The predicted molar refractivity (Wildman–Crippen MR) is 64.5 cm³/mol. The number of rotatable bonds is 2. The van der Waals surface area contributed by atoms with Crippen LogP contribution in [0.2, 0.25) is 0 Å². The molecule has 1 saturated heterocycles. The standard InChI is InChI=1S/C11H21N3O4/c1-11(2,3)18-10(16)13-7-4-5-8(17-6-7)9(15)14-12/h7-8H,4-6,12H2,1-3H3,(H,13,16)(H,14,15)/t7-,8?/m1/s1. The Morgan fingerprint density at radius 1 is 1.33 bits per heavy atom. The Balaban J connectivity index is 2.31. The van der Waals surface area contributed by atoms with Crippen molar-refractivity contribution in [3.05, 3.63) is 0 Å². The average molecular weight is 259 g/mol. The minimum Gasteiger partial charge on any atom is -0.444 e. The van der Waals surface area contributed by atoms with E-state index in [9.17, 15) is 9.59 Å². The highest BCUT2D eigenvalue weighted by Gasteiger charge is 2.28. The smallest absolute Gasteiger partial charge is 0.407 e. The maximum absolute atomic E-state index is 11.5. The van der Waals surface area contributed by atoms with E-state index in [1.165, 1.54) is 0 Å². The molecule has 0 radical (unpaired) electrons. The molecule has 4 N–H and O–H groups in total. The number of alkyl carbamates (subject to hydrolysis) is 1. The molecular weight excluding hydrogens is 238 g/mol. The highest BCUT2D eigenvalue weighted by molar-refractivity contribution is 5.80. The van der Waals surface area contributed by atoms with Gasteiger partial charge in [-0.25, -0.2) is 10.6 Å². The largest absolute Gasteiger partial charge is 0.444 e. The lowest BCUT2D eigenvalue weighted by Crippen LogP contribution is -2.49. The van der Waals surface area contributed by atoms with E-state index in [0.717, 1.165) is 0 Å². The molecule has 1 fully saturated rings. The summed E-state index contributed by atoms with van der Waals surface area (Å²) in [5.74, 6) is 4.68. The van der Waals surface area contributed by atoms with Crippen molar-refractivity contribution in [2.24, 2.45) is 5.84 Å². The minimum absolute atomic E-state index is 0.137. The van der Waals surface area contributed by atoms with E-state index >= 15 is 0 Å². The SMILES string of the molecule is CC(C)(C)OC(=O)N[C@@H]1CCC(C(=O)NN)OC1. The van der Waals surface area contributed by atoms with E-state index in [2.05, 4.69) is 5.32 Å². The monoisotopic (exact) mass is 259 g/mol. The Hall–Kier alpha value is -1.34. The third kappa shape index (κ3) is 4.89. The summed E-state index contributed by atoms with van der Waals surface area (Å²) in [4.78, 5) is 22.7. The van der Waals surface area contributed by atoms with Crippen molar-refractivity contribution in [2.75, 3.05) is 6.61 Å². The van der Waals surface area contributed by atoms with Crippen LogP contribution in [0.3, 0.4) is 0 Å². The lowest BCUT2D eigenvalue weighted by atomic mass is 10.0. The van der Waals surface area contributed by atoms with Crippen LogP contribution in [0, 0.1) is 0 Å². The lowest BCUT2D eigenvalue weighted by molar-refractivity contribution is -0.136. The van der Waals surface area contributed by atoms with Crippen molar-refractivity contribution < 1.29 is 19.1 Å². The molecule has 0 aromatic rings. The van der Waals surface area contributed by atoms with Gasteiger partial charge in [0.1, 0.15) is 11.7 Å². The van der Waals surface area contributed by atoms with Crippen LogP contribution in [0.1, 0.15) is 33.6 Å². The highest BCUT2D eigenvalue weighted by atomic mass is 16.6. The second-order valence-corrected chi connectivity index (χ2v) is 5.25. The summed E-state index contributed by atoms with van der Waals surface area (Å²) in [5.41, 5.74) is 1.52. The summed E-state index contributed by atoms with van der Waals surface area (Å²) < 4.78 is 10.4. The molecule has 2 amide bonds. The Labute approximate surface area is 106 Å². The first-order valence-electron chi connectivity index (χ1n) is 5.93. The Bertz CT molecular complexity index is 306. The number of nitrogens with one attached hydrogen (secondary N) is 2. The molecule has 104 valence electrons. The van der Waals surface area contributed by atoms with Gasteiger partial charge in [0, 0.05) is 0 Å². The summed E-state index contributed by atoms with van der Waals surface area (Å²) in [5, 5.41) is 2.70. The number of hydrogen-bond acceptors (Lipinski definition) is 5. The first-order chi connectivity index (χ1) is 8.31. The first kappa shape index (κ1) is 14.7. The van der Waals surface area contributed by atoms with Gasteiger partial charge < -0.3 is 14.8 Å². The molecule has 0 aliphatic carbocycles. The molecule has 0 aromatic carbocycles. The topological polar surface area (TPSA) is 103 Å². The lowest BCUT2D eigenvalue weighted by Gasteiger charge is -2.29.